The van der Waals surface area contributed by atoms with Crippen LogP contribution < -0.4 is 0 Å². The summed E-state index contributed by atoms with van der Waals surface area (Å²) in [5.74, 6) is 0.867. The smallest absolute Gasteiger partial charge is 0.410 e. The van der Waals surface area contributed by atoms with Crippen molar-refractivity contribution in [2.45, 2.75) is 25.6 Å². The number of β-amino-alcohol motifs (C(OH)–C–C–N with tert-alkyl or cyclic N) is 1. The van der Waals surface area contributed by atoms with Crippen LogP contribution in [0.1, 0.15) is 18.4 Å². The number of ether oxygens (including phenoxy) is 1. The highest BCUT2D eigenvalue weighted by molar-refractivity contribution is 5.68. The maximum atomic E-state index is 11.9. The summed E-state index contributed by atoms with van der Waals surface area (Å²) < 4.78 is 5.28. The molecule has 1 saturated carbocycles. The first-order valence-electron chi connectivity index (χ1n) is 6.88. The van der Waals surface area contributed by atoms with Crippen LogP contribution in [0.2, 0.25) is 0 Å². The Kier molecular flexibility index (Phi) is 3.42. The fourth-order valence-electron chi connectivity index (χ4n) is 2.76. The molecule has 0 unspecified atom stereocenters. The molecule has 3 rings (SSSR count). The molecule has 0 aromatic heterocycles. The van der Waals surface area contributed by atoms with Gasteiger partial charge in [-0.1, -0.05) is 30.3 Å². The molecule has 1 aliphatic carbocycles. The Morgan fingerprint density at radius 2 is 2.00 bits per heavy atom. The number of benzene rings is 1. The molecule has 19 heavy (non-hydrogen) atoms. The summed E-state index contributed by atoms with van der Waals surface area (Å²) in [6, 6.07) is 9.64. The van der Waals surface area contributed by atoms with Gasteiger partial charge in [-0.25, -0.2) is 4.79 Å². The van der Waals surface area contributed by atoms with Crippen molar-refractivity contribution >= 4 is 6.09 Å². The van der Waals surface area contributed by atoms with E-state index in [1.54, 1.807) is 4.90 Å². The Bertz CT molecular complexity index is 444. The van der Waals surface area contributed by atoms with Gasteiger partial charge in [0.15, 0.2) is 0 Å². The highest BCUT2D eigenvalue weighted by atomic mass is 16.6. The molecule has 0 bridgehead atoms. The zero-order chi connectivity index (χ0) is 13.2. The van der Waals surface area contributed by atoms with Gasteiger partial charge in [0.25, 0.3) is 0 Å². The predicted octanol–water partition coefficient (Wildman–Crippen LogP) is 2.03. The average Bonchev–Trinajstić information content (AvgIpc) is 3.20. The minimum atomic E-state index is -0.378. The Balaban J connectivity index is 1.51. The van der Waals surface area contributed by atoms with Crippen LogP contribution in [-0.2, 0) is 11.3 Å². The maximum Gasteiger partial charge on any atom is 0.410 e. The molecule has 1 aliphatic heterocycles. The number of carbonyl (C=O) groups excluding carboxylic acids is 1. The van der Waals surface area contributed by atoms with E-state index in [1.807, 2.05) is 30.3 Å². The highest BCUT2D eigenvalue weighted by Crippen LogP contribution is 2.41. The average molecular weight is 261 g/mol. The molecule has 0 radical (unpaired) electrons. The molecule has 2 aliphatic rings. The first-order chi connectivity index (χ1) is 9.24. The van der Waals surface area contributed by atoms with Gasteiger partial charge in [0, 0.05) is 12.5 Å². The molecule has 102 valence electrons. The van der Waals surface area contributed by atoms with Crippen LogP contribution in [0, 0.1) is 11.8 Å². The van der Waals surface area contributed by atoms with Gasteiger partial charge < -0.3 is 14.7 Å². The fourth-order valence-corrected chi connectivity index (χ4v) is 2.76. The van der Waals surface area contributed by atoms with Crippen LogP contribution in [0.4, 0.5) is 4.79 Å². The zero-order valence-corrected chi connectivity index (χ0v) is 10.9. The van der Waals surface area contributed by atoms with Crippen molar-refractivity contribution in [1.29, 1.82) is 0 Å². The van der Waals surface area contributed by atoms with E-state index in [0.29, 0.717) is 25.6 Å². The molecule has 4 heteroatoms. The monoisotopic (exact) mass is 261 g/mol. The van der Waals surface area contributed by atoms with E-state index in [-0.39, 0.29) is 18.1 Å². The van der Waals surface area contributed by atoms with Crippen molar-refractivity contribution in [1.82, 2.24) is 4.90 Å². The van der Waals surface area contributed by atoms with E-state index in [9.17, 15) is 9.90 Å². The van der Waals surface area contributed by atoms with Gasteiger partial charge in [0.1, 0.15) is 6.61 Å². The molecule has 0 spiro atoms. The molecular weight excluding hydrogens is 242 g/mol. The molecule has 2 atom stereocenters. The molecule has 2 fully saturated rings. The lowest BCUT2D eigenvalue weighted by Crippen LogP contribution is -2.30. The number of rotatable bonds is 3. The van der Waals surface area contributed by atoms with Gasteiger partial charge in [0.05, 0.1) is 12.6 Å². The van der Waals surface area contributed by atoms with E-state index in [1.165, 1.54) is 12.8 Å². The molecule has 1 heterocycles. The van der Waals surface area contributed by atoms with Crippen LogP contribution in [-0.4, -0.2) is 35.3 Å². The number of likely N-dealkylation sites (tertiary alicyclic amines) is 1. The number of hydrogen-bond acceptors (Lipinski definition) is 3. The zero-order valence-electron chi connectivity index (χ0n) is 10.9. The normalized spacial score (nSPS) is 26.5. The highest BCUT2D eigenvalue weighted by Gasteiger charge is 2.43. The van der Waals surface area contributed by atoms with Crippen LogP contribution >= 0.6 is 0 Å². The lowest BCUT2D eigenvalue weighted by Gasteiger charge is -2.15. The topological polar surface area (TPSA) is 49.8 Å². The quantitative estimate of drug-likeness (QED) is 0.905. The second kappa shape index (κ2) is 5.21. The first kappa shape index (κ1) is 12.5. The standard InChI is InChI=1S/C15H19NO3/c17-14-9-16(8-13(14)12-6-7-12)15(18)19-10-11-4-2-1-3-5-11/h1-5,12-14,17H,6-10H2/t13-,14+/m1/s1. The molecule has 1 saturated heterocycles. The van der Waals surface area contributed by atoms with Crippen molar-refractivity contribution in [2.24, 2.45) is 11.8 Å². The summed E-state index contributed by atoms with van der Waals surface area (Å²) in [5, 5.41) is 9.95. The molecular formula is C15H19NO3. The molecule has 1 aromatic rings. The van der Waals surface area contributed by atoms with E-state index in [0.717, 1.165) is 5.56 Å². The summed E-state index contributed by atoms with van der Waals surface area (Å²) in [6.45, 7) is 1.34. The summed E-state index contributed by atoms with van der Waals surface area (Å²) in [7, 11) is 0. The van der Waals surface area contributed by atoms with Crippen LogP contribution in [0.5, 0.6) is 0 Å². The number of aliphatic hydroxyl groups excluding tert-OH is 1. The lowest BCUT2D eigenvalue weighted by molar-refractivity contribution is 0.0964. The number of aliphatic hydroxyl groups is 1. The molecule has 1 amide bonds. The second-order valence-corrected chi connectivity index (χ2v) is 5.51. The molecule has 4 nitrogen and oxygen atoms in total. The van der Waals surface area contributed by atoms with Gasteiger partial charge in [-0.15, -0.1) is 0 Å². The van der Waals surface area contributed by atoms with Gasteiger partial charge in [-0.3, -0.25) is 0 Å². The Morgan fingerprint density at radius 3 is 2.68 bits per heavy atom. The molecule has 1 aromatic carbocycles. The third kappa shape index (κ3) is 2.89. The van der Waals surface area contributed by atoms with Crippen molar-refractivity contribution in [3.63, 3.8) is 0 Å². The number of carbonyl (C=O) groups is 1. The Morgan fingerprint density at radius 1 is 1.26 bits per heavy atom. The van der Waals surface area contributed by atoms with Crippen molar-refractivity contribution in [2.75, 3.05) is 13.1 Å². The van der Waals surface area contributed by atoms with Gasteiger partial charge in [-0.2, -0.15) is 0 Å². The van der Waals surface area contributed by atoms with E-state index < -0.39 is 0 Å². The summed E-state index contributed by atoms with van der Waals surface area (Å²) in [5.41, 5.74) is 0.981. The van der Waals surface area contributed by atoms with Crippen LogP contribution in [0.25, 0.3) is 0 Å². The maximum absolute atomic E-state index is 11.9. The SMILES string of the molecule is O=C(OCc1ccccc1)N1C[C@H](C2CC2)[C@@H](O)C1. The van der Waals surface area contributed by atoms with Crippen molar-refractivity contribution < 1.29 is 14.6 Å². The van der Waals surface area contributed by atoms with E-state index in [2.05, 4.69) is 0 Å². The first-order valence-corrected chi connectivity index (χ1v) is 6.88. The minimum Gasteiger partial charge on any atom is -0.445 e. The molecule has 1 N–H and O–H groups in total. The lowest BCUT2D eigenvalue weighted by atomic mass is 10.0. The number of hydrogen-bond donors (Lipinski definition) is 1. The van der Waals surface area contributed by atoms with Gasteiger partial charge in [0.2, 0.25) is 0 Å². The summed E-state index contributed by atoms with van der Waals surface area (Å²) in [4.78, 5) is 13.6. The van der Waals surface area contributed by atoms with E-state index in [4.69, 9.17) is 4.74 Å². The number of amides is 1. The van der Waals surface area contributed by atoms with Gasteiger partial charge in [-0.05, 0) is 24.3 Å². The van der Waals surface area contributed by atoms with E-state index >= 15 is 0 Å². The third-order valence-corrected chi connectivity index (χ3v) is 4.02. The number of nitrogens with zero attached hydrogens (tertiary/aromatic N) is 1. The van der Waals surface area contributed by atoms with Crippen LogP contribution in [0.3, 0.4) is 0 Å². The summed E-state index contributed by atoms with van der Waals surface area (Å²) in [6.07, 6.45) is 1.69. The fraction of sp³-hybridized carbons (Fsp3) is 0.533. The van der Waals surface area contributed by atoms with Crippen molar-refractivity contribution in [3.8, 4) is 0 Å². The summed E-state index contributed by atoms with van der Waals surface area (Å²) >= 11 is 0. The van der Waals surface area contributed by atoms with Gasteiger partial charge >= 0.3 is 6.09 Å². The van der Waals surface area contributed by atoms with Crippen LogP contribution in [0.15, 0.2) is 30.3 Å². The minimum absolute atomic E-state index is 0.254. The third-order valence-electron chi connectivity index (χ3n) is 4.02. The largest absolute Gasteiger partial charge is 0.445 e. The Hall–Kier alpha value is -1.55. The Labute approximate surface area is 113 Å². The predicted molar refractivity (Wildman–Crippen MR) is 70.4 cm³/mol. The van der Waals surface area contributed by atoms with Crippen molar-refractivity contribution in [3.05, 3.63) is 35.9 Å². The second-order valence-electron chi connectivity index (χ2n) is 5.51.